The van der Waals surface area contributed by atoms with E-state index in [0.717, 1.165) is 31.6 Å². The second kappa shape index (κ2) is 6.72. The molecule has 94 valence electrons. The Balaban J connectivity index is 1.62. The van der Waals surface area contributed by atoms with E-state index in [-0.39, 0.29) is 6.10 Å². The molecule has 1 aliphatic heterocycles. The lowest BCUT2D eigenvalue weighted by Gasteiger charge is -2.12. The molecule has 2 unspecified atom stereocenters. The van der Waals surface area contributed by atoms with Crippen molar-refractivity contribution in [3.05, 3.63) is 30.1 Å². The first-order chi connectivity index (χ1) is 8.34. The van der Waals surface area contributed by atoms with Gasteiger partial charge in [-0.2, -0.15) is 0 Å². The minimum Gasteiger partial charge on any atom is -0.393 e. The van der Waals surface area contributed by atoms with Crippen molar-refractivity contribution in [1.82, 2.24) is 4.98 Å². The summed E-state index contributed by atoms with van der Waals surface area (Å²) in [5.74, 6) is 0. The van der Waals surface area contributed by atoms with Gasteiger partial charge in [-0.3, -0.25) is 4.98 Å². The maximum absolute atomic E-state index is 9.90. The van der Waals surface area contributed by atoms with Crippen molar-refractivity contribution in [2.24, 2.45) is 0 Å². The molecule has 0 bridgehead atoms. The van der Waals surface area contributed by atoms with E-state index in [1.807, 2.05) is 18.2 Å². The molecule has 17 heavy (non-hydrogen) atoms. The molecule has 0 aromatic carbocycles. The Bertz CT molecular complexity index is 309. The second-order valence-electron chi connectivity index (χ2n) is 4.74. The van der Waals surface area contributed by atoms with Crippen LogP contribution in [0.2, 0.25) is 0 Å². The molecule has 2 rings (SSSR count). The van der Waals surface area contributed by atoms with Crippen LogP contribution >= 0.6 is 0 Å². The molecule has 3 heteroatoms. The minimum absolute atomic E-state index is 0.272. The van der Waals surface area contributed by atoms with E-state index < -0.39 is 0 Å². The average Bonchev–Trinajstić information content (AvgIpc) is 2.83. The van der Waals surface area contributed by atoms with Crippen LogP contribution in [0, 0.1) is 0 Å². The number of ether oxygens (including phenoxy) is 1. The number of hydrogen-bond acceptors (Lipinski definition) is 3. The van der Waals surface area contributed by atoms with Crippen molar-refractivity contribution in [1.29, 1.82) is 0 Å². The maximum atomic E-state index is 9.90. The number of hydrogen-bond donors (Lipinski definition) is 1. The zero-order valence-electron chi connectivity index (χ0n) is 10.2. The lowest BCUT2D eigenvalue weighted by atomic mass is 10.0. The van der Waals surface area contributed by atoms with Gasteiger partial charge in [-0.05, 0) is 44.2 Å². The highest BCUT2D eigenvalue weighted by molar-refractivity contribution is 5.04. The monoisotopic (exact) mass is 235 g/mol. The molecule has 1 saturated heterocycles. The first kappa shape index (κ1) is 12.5. The number of pyridine rings is 1. The van der Waals surface area contributed by atoms with Gasteiger partial charge in [-0.1, -0.05) is 6.07 Å². The number of aliphatic hydroxyl groups is 1. The summed E-state index contributed by atoms with van der Waals surface area (Å²) >= 11 is 0. The van der Waals surface area contributed by atoms with Crippen molar-refractivity contribution in [3.63, 3.8) is 0 Å². The molecule has 0 radical (unpaired) electrons. The van der Waals surface area contributed by atoms with Crippen molar-refractivity contribution >= 4 is 0 Å². The first-order valence-electron chi connectivity index (χ1n) is 6.54. The van der Waals surface area contributed by atoms with Gasteiger partial charge < -0.3 is 9.84 Å². The maximum Gasteiger partial charge on any atom is 0.0595 e. The Labute approximate surface area is 103 Å². The number of rotatable bonds is 6. The SMILES string of the molecule is OC(CCCC1CCCO1)Cc1ccccn1. The van der Waals surface area contributed by atoms with Gasteiger partial charge in [0, 0.05) is 24.9 Å². The van der Waals surface area contributed by atoms with E-state index in [4.69, 9.17) is 4.74 Å². The van der Waals surface area contributed by atoms with Crippen LogP contribution in [-0.2, 0) is 11.2 Å². The Morgan fingerprint density at radius 1 is 1.47 bits per heavy atom. The van der Waals surface area contributed by atoms with E-state index in [0.29, 0.717) is 12.5 Å². The molecule has 0 saturated carbocycles. The van der Waals surface area contributed by atoms with Gasteiger partial charge in [-0.15, -0.1) is 0 Å². The minimum atomic E-state index is -0.272. The summed E-state index contributed by atoms with van der Waals surface area (Å²) in [7, 11) is 0. The smallest absolute Gasteiger partial charge is 0.0595 e. The van der Waals surface area contributed by atoms with Crippen molar-refractivity contribution < 1.29 is 9.84 Å². The van der Waals surface area contributed by atoms with Crippen LogP contribution in [0.5, 0.6) is 0 Å². The van der Waals surface area contributed by atoms with E-state index in [2.05, 4.69) is 4.98 Å². The highest BCUT2D eigenvalue weighted by Crippen LogP contribution is 2.18. The van der Waals surface area contributed by atoms with Crippen LogP contribution in [0.4, 0.5) is 0 Å². The van der Waals surface area contributed by atoms with E-state index in [1.165, 1.54) is 12.8 Å². The predicted octanol–water partition coefficient (Wildman–Crippen LogP) is 2.33. The quantitative estimate of drug-likeness (QED) is 0.823. The number of nitrogens with zero attached hydrogens (tertiary/aromatic N) is 1. The van der Waals surface area contributed by atoms with Crippen LogP contribution in [0.15, 0.2) is 24.4 Å². The molecule has 1 aromatic rings. The zero-order valence-corrected chi connectivity index (χ0v) is 10.2. The fourth-order valence-corrected chi connectivity index (χ4v) is 2.32. The Morgan fingerprint density at radius 2 is 2.41 bits per heavy atom. The van der Waals surface area contributed by atoms with Crippen LogP contribution in [0.25, 0.3) is 0 Å². The first-order valence-corrected chi connectivity index (χ1v) is 6.54. The predicted molar refractivity (Wildman–Crippen MR) is 66.8 cm³/mol. The molecule has 0 spiro atoms. The van der Waals surface area contributed by atoms with Gasteiger partial charge in [0.15, 0.2) is 0 Å². The third kappa shape index (κ3) is 4.44. The lowest BCUT2D eigenvalue weighted by Crippen LogP contribution is -2.13. The molecular weight excluding hydrogens is 214 g/mol. The molecule has 2 atom stereocenters. The van der Waals surface area contributed by atoms with Crippen LogP contribution < -0.4 is 0 Å². The molecule has 0 aliphatic carbocycles. The fourth-order valence-electron chi connectivity index (χ4n) is 2.32. The second-order valence-corrected chi connectivity index (χ2v) is 4.74. The van der Waals surface area contributed by atoms with Gasteiger partial charge in [0.05, 0.1) is 12.2 Å². The Kier molecular flexibility index (Phi) is 4.95. The highest BCUT2D eigenvalue weighted by atomic mass is 16.5. The summed E-state index contributed by atoms with van der Waals surface area (Å²) in [6.07, 6.45) is 7.95. The van der Waals surface area contributed by atoms with Crippen LogP contribution in [0.1, 0.15) is 37.8 Å². The molecule has 3 nitrogen and oxygen atoms in total. The summed E-state index contributed by atoms with van der Waals surface area (Å²) < 4.78 is 5.56. The zero-order chi connectivity index (χ0) is 11.9. The van der Waals surface area contributed by atoms with Gasteiger partial charge in [0.1, 0.15) is 0 Å². The van der Waals surface area contributed by atoms with Crippen molar-refractivity contribution in [3.8, 4) is 0 Å². The third-order valence-corrected chi connectivity index (χ3v) is 3.26. The molecule has 1 aromatic heterocycles. The van der Waals surface area contributed by atoms with Gasteiger partial charge in [0.2, 0.25) is 0 Å². The highest BCUT2D eigenvalue weighted by Gasteiger charge is 2.15. The summed E-state index contributed by atoms with van der Waals surface area (Å²) in [6.45, 7) is 0.918. The fraction of sp³-hybridized carbons (Fsp3) is 0.643. The topological polar surface area (TPSA) is 42.4 Å². The molecule has 1 aliphatic rings. The van der Waals surface area contributed by atoms with Crippen molar-refractivity contribution in [2.45, 2.75) is 50.7 Å². The number of aromatic nitrogens is 1. The molecule has 0 amide bonds. The van der Waals surface area contributed by atoms with E-state index in [1.54, 1.807) is 6.20 Å². The standard InChI is InChI=1S/C14H21NO2/c16-13(11-12-5-1-2-9-15-12)6-3-7-14-8-4-10-17-14/h1-2,5,9,13-14,16H,3-4,6-8,10-11H2. The van der Waals surface area contributed by atoms with Gasteiger partial charge in [-0.25, -0.2) is 0 Å². The van der Waals surface area contributed by atoms with E-state index >= 15 is 0 Å². The molecular formula is C14H21NO2. The Morgan fingerprint density at radius 3 is 3.12 bits per heavy atom. The largest absolute Gasteiger partial charge is 0.393 e. The Hall–Kier alpha value is -0.930. The van der Waals surface area contributed by atoms with Gasteiger partial charge >= 0.3 is 0 Å². The molecule has 1 fully saturated rings. The van der Waals surface area contributed by atoms with Crippen LogP contribution in [0.3, 0.4) is 0 Å². The number of aliphatic hydroxyl groups excluding tert-OH is 1. The van der Waals surface area contributed by atoms with Crippen molar-refractivity contribution in [2.75, 3.05) is 6.61 Å². The van der Waals surface area contributed by atoms with Gasteiger partial charge in [0.25, 0.3) is 0 Å². The van der Waals surface area contributed by atoms with Crippen LogP contribution in [-0.4, -0.2) is 28.9 Å². The molecule has 1 N–H and O–H groups in total. The summed E-state index contributed by atoms with van der Waals surface area (Å²) in [4.78, 5) is 4.22. The molecule has 2 heterocycles. The third-order valence-electron chi connectivity index (χ3n) is 3.26. The van der Waals surface area contributed by atoms with E-state index in [9.17, 15) is 5.11 Å². The lowest BCUT2D eigenvalue weighted by molar-refractivity contribution is 0.0944. The normalized spacial score (nSPS) is 21.6. The average molecular weight is 235 g/mol. The summed E-state index contributed by atoms with van der Waals surface area (Å²) in [5.41, 5.74) is 0.970. The summed E-state index contributed by atoms with van der Waals surface area (Å²) in [5, 5.41) is 9.90. The summed E-state index contributed by atoms with van der Waals surface area (Å²) in [6, 6.07) is 5.82.